The van der Waals surface area contributed by atoms with Crippen molar-refractivity contribution < 1.29 is 14.6 Å². The number of aliphatic hydroxyl groups excluding tert-OH is 1. The van der Waals surface area contributed by atoms with Crippen molar-refractivity contribution in [3.05, 3.63) is 29.8 Å². The SMILES string of the molecule is CCCOc1ccc(C(O)CCC2CCCCO2)cc1. The van der Waals surface area contributed by atoms with E-state index in [1.807, 2.05) is 24.3 Å². The van der Waals surface area contributed by atoms with Crippen LogP contribution in [0.25, 0.3) is 0 Å². The fourth-order valence-electron chi connectivity index (χ4n) is 2.55. The van der Waals surface area contributed by atoms with Gasteiger partial charge in [-0.05, 0) is 56.2 Å². The van der Waals surface area contributed by atoms with Gasteiger partial charge >= 0.3 is 0 Å². The number of hydrogen-bond donors (Lipinski definition) is 1. The normalized spacial score (nSPS) is 20.6. The highest BCUT2D eigenvalue weighted by Gasteiger charge is 2.16. The van der Waals surface area contributed by atoms with E-state index in [0.29, 0.717) is 6.10 Å². The topological polar surface area (TPSA) is 38.7 Å². The highest BCUT2D eigenvalue weighted by molar-refractivity contribution is 5.28. The van der Waals surface area contributed by atoms with E-state index in [1.165, 1.54) is 12.8 Å². The standard InChI is InChI=1S/C17H26O3/c1-2-12-19-16-8-6-14(7-9-16)17(18)11-10-15-5-3-4-13-20-15/h6-9,15,17-18H,2-5,10-13H2,1H3. The summed E-state index contributed by atoms with van der Waals surface area (Å²) in [5.41, 5.74) is 0.963. The van der Waals surface area contributed by atoms with E-state index < -0.39 is 6.10 Å². The first-order valence-corrected chi connectivity index (χ1v) is 7.82. The van der Waals surface area contributed by atoms with Crippen molar-refractivity contribution in [2.24, 2.45) is 0 Å². The van der Waals surface area contributed by atoms with Crippen LogP contribution in [0.4, 0.5) is 0 Å². The van der Waals surface area contributed by atoms with Gasteiger partial charge < -0.3 is 14.6 Å². The third-order valence-electron chi connectivity index (χ3n) is 3.77. The molecular formula is C17H26O3. The van der Waals surface area contributed by atoms with Crippen LogP contribution in [-0.4, -0.2) is 24.4 Å². The first-order chi connectivity index (χ1) is 9.79. The Kier molecular flexibility index (Phi) is 6.34. The monoisotopic (exact) mass is 278 g/mol. The lowest BCUT2D eigenvalue weighted by atomic mass is 9.99. The summed E-state index contributed by atoms with van der Waals surface area (Å²) in [5, 5.41) is 10.2. The quantitative estimate of drug-likeness (QED) is 0.823. The van der Waals surface area contributed by atoms with Crippen LogP contribution in [0, 0.1) is 0 Å². The molecular weight excluding hydrogens is 252 g/mol. The molecule has 1 heterocycles. The minimum atomic E-state index is -0.402. The number of aliphatic hydroxyl groups is 1. The maximum Gasteiger partial charge on any atom is 0.119 e. The third kappa shape index (κ3) is 4.80. The van der Waals surface area contributed by atoms with Crippen LogP contribution in [0.15, 0.2) is 24.3 Å². The van der Waals surface area contributed by atoms with Gasteiger partial charge in [-0.2, -0.15) is 0 Å². The summed E-state index contributed by atoms with van der Waals surface area (Å²) < 4.78 is 11.2. The van der Waals surface area contributed by atoms with Crippen molar-refractivity contribution >= 4 is 0 Å². The van der Waals surface area contributed by atoms with Crippen molar-refractivity contribution in [3.63, 3.8) is 0 Å². The van der Waals surface area contributed by atoms with Crippen LogP contribution in [0.5, 0.6) is 5.75 Å². The van der Waals surface area contributed by atoms with Gasteiger partial charge in [0.15, 0.2) is 0 Å². The van der Waals surface area contributed by atoms with E-state index in [4.69, 9.17) is 9.47 Å². The van der Waals surface area contributed by atoms with Gasteiger partial charge in [-0.1, -0.05) is 19.1 Å². The lowest BCUT2D eigenvalue weighted by Gasteiger charge is -2.23. The zero-order valence-corrected chi connectivity index (χ0v) is 12.4. The van der Waals surface area contributed by atoms with Gasteiger partial charge in [0.05, 0.1) is 18.8 Å². The Bertz CT molecular complexity index is 368. The average Bonchev–Trinajstić information content (AvgIpc) is 2.52. The molecule has 112 valence electrons. The average molecular weight is 278 g/mol. The van der Waals surface area contributed by atoms with Gasteiger partial charge in [0.1, 0.15) is 5.75 Å². The maximum atomic E-state index is 10.2. The van der Waals surface area contributed by atoms with Crippen molar-refractivity contribution in [1.82, 2.24) is 0 Å². The van der Waals surface area contributed by atoms with E-state index in [1.54, 1.807) is 0 Å². The molecule has 0 spiro atoms. The molecule has 3 heteroatoms. The summed E-state index contributed by atoms with van der Waals surface area (Å²) in [4.78, 5) is 0. The van der Waals surface area contributed by atoms with Crippen molar-refractivity contribution in [2.45, 2.75) is 57.7 Å². The van der Waals surface area contributed by atoms with Crippen LogP contribution >= 0.6 is 0 Å². The molecule has 0 aromatic heterocycles. The van der Waals surface area contributed by atoms with E-state index in [0.717, 1.165) is 50.2 Å². The lowest BCUT2D eigenvalue weighted by Crippen LogP contribution is -2.19. The molecule has 2 atom stereocenters. The summed E-state index contributed by atoms with van der Waals surface area (Å²) in [7, 11) is 0. The molecule has 1 aliphatic heterocycles. The summed E-state index contributed by atoms with van der Waals surface area (Å²) >= 11 is 0. The second kappa shape index (κ2) is 8.28. The predicted octanol–water partition coefficient (Wildman–Crippen LogP) is 3.86. The summed E-state index contributed by atoms with van der Waals surface area (Å²) in [6, 6.07) is 7.78. The Morgan fingerprint density at radius 2 is 2.10 bits per heavy atom. The Balaban J connectivity index is 1.77. The Labute approximate surface area is 121 Å². The number of ether oxygens (including phenoxy) is 2. The van der Waals surface area contributed by atoms with Gasteiger partial charge in [-0.3, -0.25) is 0 Å². The molecule has 1 N–H and O–H groups in total. The summed E-state index contributed by atoms with van der Waals surface area (Å²) in [6.07, 6.45) is 6.21. The largest absolute Gasteiger partial charge is 0.494 e. The van der Waals surface area contributed by atoms with Crippen molar-refractivity contribution in [1.29, 1.82) is 0 Å². The molecule has 0 saturated carbocycles. The summed E-state index contributed by atoms with van der Waals surface area (Å²) in [5.74, 6) is 0.874. The molecule has 1 fully saturated rings. The third-order valence-corrected chi connectivity index (χ3v) is 3.77. The minimum Gasteiger partial charge on any atom is -0.494 e. The molecule has 2 unspecified atom stereocenters. The molecule has 2 rings (SSSR count). The van der Waals surface area contributed by atoms with E-state index in [9.17, 15) is 5.11 Å². The van der Waals surface area contributed by atoms with Gasteiger partial charge in [0, 0.05) is 6.61 Å². The van der Waals surface area contributed by atoms with Gasteiger partial charge in [-0.15, -0.1) is 0 Å². The Morgan fingerprint density at radius 1 is 1.30 bits per heavy atom. The molecule has 3 nitrogen and oxygen atoms in total. The maximum absolute atomic E-state index is 10.2. The lowest BCUT2D eigenvalue weighted by molar-refractivity contribution is 0.00213. The number of hydrogen-bond acceptors (Lipinski definition) is 3. The zero-order valence-electron chi connectivity index (χ0n) is 12.4. The second-order valence-electron chi connectivity index (χ2n) is 5.50. The molecule has 1 aromatic rings. The van der Waals surface area contributed by atoms with Crippen molar-refractivity contribution in [3.8, 4) is 5.75 Å². The van der Waals surface area contributed by atoms with Crippen LogP contribution < -0.4 is 4.74 Å². The molecule has 20 heavy (non-hydrogen) atoms. The van der Waals surface area contributed by atoms with E-state index in [2.05, 4.69) is 6.92 Å². The first-order valence-electron chi connectivity index (χ1n) is 7.82. The first kappa shape index (κ1) is 15.3. The molecule has 0 amide bonds. The van der Waals surface area contributed by atoms with Crippen molar-refractivity contribution in [2.75, 3.05) is 13.2 Å². The fraction of sp³-hybridized carbons (Fsp3) is 0.647. The number of benzene rings is 1. The number of rotatable bonds is 7. The second-order valence-corrected chi connectivity index (χ2v) is 5.50. The van der Waals surface area contributed by atoms with E-state index >= 15 is 0 Å². The van der Waals surface area contributed by atoms with Crippen LogP contribution in [-0.2, 0) is 4.74 Å². The van der Waals surface area contributed by atoms with Crippen LogP contribution in [0.2, 0.25) is 0 Å². The molecule has 1 aromatic carbocycles. The Hall–Kier alpha value is -1.06. The fourth-order valence-corrected chi connectivity index (χ4v) is 2.55. The molecule has 1 aliphatic rings. The van der Waals surface area contributed by atoms with Crippen LogP contribution in [0.3, 0.4) is 0 Å². The highest BCUT2D eigenvalue weighted by atomic mass is 16.5. The predicted molar refractivity (Wildman–Crippen MR) is 80.0 cm³/mol. The van der Waals surface area contributed by atoms with Crippen LogP contribution in [0.1, 0.15) is 57.1 Å². The molecule has 1 saturated heterocycles. The zero-order chi connectivity index (χ0) is 14.2. The van der Waals surface area contributed by atoms with E-state index in [-0.39, 0.29) is 0 Å². The smallest absolute Gasteiger partial charge is 0.119 e. The molecule has 0 aliphatic carbocycles. The molecule has 0 radical (unpaired) electrons. The highest BCUT2D eigenvalue weighted by Crippen LogP contribution is 2.25. The van der Waals surface area contributed by atoms with Gasteiger partial charge in [-0.25, -0.2) is 0 Å². The Morgan fingerprint density at radius 3 is 2.75 bits per heavy atom. The van der Waals surface area contributed by atoms with Gasteiger partial charge in [0.25, 0.3) is 0 Å². The minimum absolute atomic E-state index is 0.338. The molecule has 0 bridgehead atoms. The summed E-state index contributed by atoms with van der Waals surface area (Å²) in [6.45, 7) is 3.70. The van der Waals surface area contributed by atoms with Gasteiger partial charge in [0.2, 0.25) is 0 Å².